The Morgan fingerprint density at radius 1 is 1.35 bits per heavy atom. The van der Waals surface area contributed by atoms with Gasteiger partial charge < -0.3 is 10.4 Å². The largest absolute Gasteiger partial charge is 0.478 e. The second-order valence-corrected chi connectivity index (χ2v) is 4.19. The van der Waals surface area contributed by atoms with Crippen LogP contribution in [0.15, 0.2) is 42.6 Å². The van der Waals surface area contributed by atoms with E-state index in [4.69, 9.17) is 10.4 Å². The Bertz CT molecular complexity index is 662. The lowest BCUT2D eigenvalue weighted by atomic mass is 10.1. The van der Waals surface area contributed by atoms with Gasteiger partial charge in [-0.15, -0.1) is 0 Å². The van der Waals surface area contributed by atoms with Crippen molar-refractivity contribution in [2.75, 3.05) is 11.9 Å². The fourth-order valence-corrected chi connectivity index (χ4v) is 1.82. The predicted octanol–water partition coefficient (Wildman–Crippen LogP) is 2.31. The SMILES string of the molecule is N#Cc1cccnc1NCCc1cccc(C(=O)O)c1. The van der Waals surface area contributed by atoms with Crippen molar-refractivity contribution in [1.29, 1.82) is 5.26 Å². The second-order valence-electron chi connectivity index (χ2n) is 4.19. The van der Waals surface area contributed by atoms with Crippen LogP contribution in [0, 0.1) is 11.3 Å². The number of nitrogens with one attached hydrogen (secondary N) is 1. The van der Waals surface area contributed by atoms with Gasteiger partial charge in [-0.1, -0.05) is 12.1 Å². The second kappa shape index (κ2) is 6.34. The van der Waals surface area contributed by atoms with Crippen molar-refractivity contribution in [2.45, 2.75) is 6.42 Å². The summed E-state index contributed by atoms with van der Waals surface area (Å²) in [4.78, 5) is 15.0. The predicted molar refractivity (Wildman–Crippen MR) is 74.5 cm³/mol. The number of nitriles is 1. The summed E-state index contributed by atoms with van der Waals surface area (Å²) in [5, 5.41) is 20.9. The molecule has 2 aromatic rings. The van der Waals surface area contributed by atoms with Crippen molar-refractivity contribution in [3.63, 3.8) is 0 Å². The number of aromatic carboxylic acids is 1. The zero-order valence-corrected chi connectivity index (χ0v) is 10.7. The van der Waals surface area contributed by atoms with Crippen LogP contribution >= 0.6 is 0 Å². The van der Waals surface area contributed by atoms with Crippen LogP contribution in [-0.2, 0) is 6.42 Å². The highest BCUT2D eigenvalue weighted by molar-refractivity contribution is 5.87. The molecule has 0 saturated heterocycles. The zero-order valence-electron chi connectivity index (χ0n) is 10.7. The van der Waals surface area contributed by atoms with E-state index in [1.807, 2.05) is 6.07 Å². The van der Waals surface area contributed by atoms with Crippen LogP contribution in [0.1, 0.15) is 21.5 Å². The standard InChI is InChI=1S/C15H13N3O2/c16-10-13-5-2-7-17-14(13)18-8-6-11-3-1-4-12(9-11)15(19)20/h1-5,7,9H,6,8H2,(H,17,18)(H,19,20). The van der Waals surface area contributed by atoms with E-state index in [0.29, 0.717) is 24.3 Å². The summed E-state index contributed by atoms with van der Waals surface area (Å²) in [6, 6.07) is 12.3. The molecule has 5 heteroatoms. The molecule has 0 atom stereocenters. The van der Waals surface area contributed by atoms with Gasteiger partial charge in [-0.3, -0.25) is 0 Å². The van der Waals surface area contributed by atoms with Gasteiger partial charge in [0, 0.05) is 12.7 Å². The van der Waals surface area contributed by atoms with E-state index >= 15 is 0 Å². The van der Waals surface area contributed by atoms with E-state index in [2.05, 4.69) is 16.4 Å². The number of carboxylic acids is 1. The van der Waals surface area contributed by atoms with Crippen LogP contribution in [0.25, 0.3) is 0 Å². The molecular formula is C15H13N3O2. The van der Waals surface area contributed by atoms with E-state index < -0.39 is 5.97 Å². The number of rotatable bonds is 5. The van der Waals surface area contributed by atoms with Gasteiger partial charge in [0.15, 0.2) is 0 Å². The molecule has 0 aliphatic carbocycles. The number of aromatic nitrogens is 1. The van der Waals surface area contributed by atoms with Crippen molar-refractivity contribution in [3.8, 4) is 6.07 Å². The molecule has 0 saturated carbocycles. The number of hydrogen-bond acceptors (Lipinski definition) is 4. The number of carbonyl (C=O) groups is 1. The van der Waals surface area contributed by atoms with Crippen LogP contribution in [-0.4, -0.2) is 22.6 Å². The molecule has 0 aliphatic rings. The molecule has 100 valence electrons. The summed E-state index contributed by atoms with van der Waals surface area (Å²) in [5.41, 5.74) is 1.69. The lowest BCUT2D eigenvalue weighted by molar-refractivity contribution is 0.0697. The minimum absolute atomic E-state index is 0.276. The molecule has 20 heavy (non-hydrogen) atoms. The van der Waals surface area contributed by atoms with E-state index in [9.17, 15) is 4.79 Å². The highest BCUT2D eigenvalue weighted by Gasteiger charge is 2.04. The van der Waals surface area contributed by atoms with Crippen molar-refractivity contribution >= 4 is 11.8 Å². The molecule has 0 radical (unpaired) electrons. The number of hydrogen-bond donors (Lipinski definition) is 2. The highest BCUT2D eigenvalue weighted by atomic mass is 16.4. The first-order valence-corrected chi connectivity index (χ1v) is 6.12. The minimum Gasteiger partial charge on any atom is -0.478 e. The number of benzene rings is 1. The maximum Gasteiger partial charge on any atom is 0.335 e. The van der Waals surface area contributed by atoms with Gasteiger partial charge in [-0.2, -0.15) is 5.26 Å². The molecule has 1 heterocycles. The fraction of sp³-hybridized carbons (Fsp3) is 0.133. The lowest BCUT2D eigenvalue weighted by Crippen LogP contribution is -2.08. The Kier molecular flexibility index (Phi) is 4.30. The molecule has 2 N–H and O–H groups in total. The first kappa shape index (κ1) is 13.6. The summed E-state index contributed by atoms with van der Waals surface area (Å²) in [7, 11) is 0. The Morgan fingerprint density at radius 3 is 2.95 bits per heavy atom. The quantitative estimate of drug-likeness (QED) is 0.868. The van der Waals surface area contributed by atoms with Crippen LogP contribution in [0.4, 0.5) is 5.82 Å². The topological polar surface area (TPSA) is 86.0 Å². The van der Waals surface area contributed by atoms with Gasteiger partial charge in [-0.05, 0) is 36.2 Å². The third kappa shape index (κ3) is 3.33. The average molecular weight is 267 g/mol. The van der Waals surface area contributed by atoms with Crippen LogP contribution < -0.4 is 5.32 Å². The normalized spacial score (nSPS) is 9.75. The third-order valence-corrected chi connectivity index (χ3v) is 2.81. The molecule has 2 rings (SSSR count). The first-order valence-electron chi connectivity index (χ1n) is 6.12. The summed E-state index contributed by atoms with van der Waals surface area (Å²) >= 11 is 0. The smallest absolute Gasteiger partial charge is 0.335 e. The van der Waals surface area contributed by atoms with Crippen molar-refractivity contribution in [2.24, 2.45) is 0 Å². The van der Waals surface area contributed by atoms with Gasteiger partial charge in [0.1, 0.15) is 11.9 Å². The van der Waals surface area contributed by atoms with Gasteiger partial charge in [0.05, 0.1) is 11.1 Å². The number of nitrogens with zero attached hydrogens (tertiary/aromatic N) is 2. The number of pyridine rings is 1. The van der Waals surface area contributed by atoms with Crippen molar-refractivity contribution in [3.05, 3.63) is 59.3 Å². The molecule has 1 aromatic heterocycles. The molecule has 5 nitrogen and oxygen atoms in total. The average Bonchev–Trinajstić information content (AvgIpc) is 2.48. The Morgan fingerprint density at radius 2 is 2.20 bits per heavy atom. The van der Waals surface area contributed by atoms with Gasteiger partial charge >= 0.3 is 5.97 Å². The van der Waals surface area contributed by atoms with Crippen LogP contribution in [0.2, 0.25) is 0 Å². The first-order chi connectivity index (χ1) is 9.70. The van der Waals surface area contributed by atoms with E-state index in [1.54, 1.807) is 36.5 Å². The molecular weight excluding hydrogens is 254 g/mol. The minimum atomic E-state index is -0.934. The molecule has 0 amide bonds. The zero-order chi connectivity index (χ0) is 14.4. The number of carboxylic acid groups (broad SMARTS) is 1. The van der Waals surface area contributed by atoms with Crippen molar-refractivity contribution in [1.82, 2.24) is 4.98 Å². The molecule has 0 aliphatic heterocycles. The van der Waals surface area contributed by atoms with Crippen LogP contribution in [0.5, 0.6) is 0 Å². The summed E-state index contributed by atoms with van der Waals surface area (Å²) in [5.74, 6) is -0.388. The maximum atomic E-state index is 10.9. The fourth-order valence-electron chi connectivity index (χ4n) is 1.82. The van der Waals surface area contributed by atoms with Gasteiger partial charge in [0.25, 0.3) is 0 Å². The summed E-state index contributed by atoms with van der Waals surface area (Å²) < 4.78 is 0. The molecule has 0 spiro atoms. The van der Waals surface area contributed by atoms with E-state index in [1.165, 1.54) is 0 Å². The summed E-state index contributed by atoms with van der Waals surface area (Å²) in [6.45, 7) is 0.578. The van der Waals surface area contributed by atoms with E-state index in [-0.39, 0.29) is 5.56 Å². The van der Waals surface area contributed by atoms with Crippen molar-refractivity contribution < 1.29 is 9.90 Å². The monoisotopic (exact) mass is 267 g/mol. The third-order valence-electron chi connectivity index (χ3n) is 2.81. The Labute approximate surface area is 116 Å². The molecule has 0 bridgehead atoms. The molecule has 1 aromatic carbocycles. The number of anilines is 1. The lowest BCUT2D eigenvalue weighted by Gasteiger charge is -2.07. The Hall–Kier alpha value is -2.87. The summed E-state index contributed by atoms with van der Waals surface area (Å²) in [6.07, 6.45) is 2.27. The molecule has 0 fully saturated rings. The van der Waals surface area contributed by atoms with E-state index in [0.717, 1.165) is 5.56 Å². The maximum absolute atomic E-state index is 10.9. The Balaban J connectivity index is 1.98. The van der Waals surface area contributed by atoms with Gasteiger partial charge in [-0.25, -0.2) is 9.78 Å². The van der Waals surface area contributed by atoms with Gasteiger partial charge in [0.2, 0.25) is 0 Å². The molecule has 0 unspecified atom stereocenters. The van der Waals surface area contributed by atoms with Crippen LogP contribution in [0.3, 0.4) is 0 Å². The highest BCUT2D eigenvalue weighted by Crippen LogP contribution is 2.10.